The molecule has 17 heavy (non-hydrogen) atoms. The van der Waals surface area contributed by atoms with Gasteiger partial charge in [-0.15, -0.1) is 0 Å². The maximum atomic E-state index is 4.33. The molecule has 0 amide bonds. The van der Waals surface area contributed by atoms with E-state index in [-0.39, 0.29) is 0 Å². The van der Waals surface area contributed by atoms with Crippen molar-refractivity contribution in [1.29, 1.82) is 0 Å². The third kappa shape index (κ3) is 3.14. The van der Waals surface area contributed by atoms with E-state index in [4.69, 9.17) is 0 Å². The molecule has 0 saturated carbocycles. The number of rotatable bonds is 4. The highest BCUT2D eigenvalue weighted by atomic mass is 79.9. The van der Waals surface area contributed by atoms with E-state index in [1.807, 2.05) is 12.3 Å². The Bertz CT molecular complexity index is 510. The molecule has 2 aromatic rings. The zero-order valence-electron chi connectivity index (χ0n) is 9.30. The van der Waals surface area contributed by atoms with Gasteiger partial charge in [0.15, 0.2) is 5.82 Å². The van der Waals surface area contributed by atoms with E-state index in [0.29, 0.717) is 0 Å². The Balaban J connectivity index is 2.24. The van der Waals surface area contributed by atoms with Crippen molar-refractivity contribution in [2.75, 3.05) is 6.54 Å². The number of hydrogen-bond acceptors (Lipinski definition) is 3. The molecule has 0 aliphatic heterocycles. The Kier molecular flexibility index (Phi) is 4.31. The second-order valence-corrected chi connectivity index (χ2v) is 5.29. The lowest BCUT2D eigenvalue weighted by molar-refractivity contribution is 0.714. The maximum absolute atomic E-state index is 4.33. The first-order valence-electron chi connectivity index (χ1n) is 5.26. The van der Waals surface area contributed by atoms with E-state index in [9.17, 15) is 0 Å². The van der Waals surface area contributed by atoms with Crippen molar-refractivity contribution in [1.82, 2.24) is 20.3 Å². The monoisotopic (exact) mass is 358 g/mol. The summed E-state index contributed by atoms with van der Waals surface area (Å²) in [5.41, 5.74) is 1.87. The molecule has 4 nitrogen and oxygen atoms in total. The van der Waals surface area contributed by atoms with Gasteiger partial charge in [0.1, 0.15) is 5.69 Å². The first-order chi connectivity index (χ1) is 8.20. The minimum absolute atomic E-state index is 0.775. The average Bonchev–Trinajstić information content (AvgIpc) is 2.75. The molecule has 0 aliphatic carbocycles. The van der Waals surface area contributed by atoms with Crippen molar-refractivity contribution in [3.8, 4) is 11.5 Å². The molecular formula is C11H12Br2N4. The maximum Gasteiger partial charge on any atom is 0.157 e. The van der Waals surface area contributed by atoms with E-state index in [0.717, 1.165) is 39.2 Å². The van der Waals surface area contributed by atoms with Gasteiger partial charge in [-0.2, -0.15) is 0 Å². The van der Waals surface area contributed by atoms with Crippen molar-refractivity contribution in [2.45, 2.75) is 13.5 Å². The molecule has 0 aliphatic rings. The van der Waals surface area contributed by atoms with Gasteiger partial charge < -0.3 is 10.3 Å². The normalized spacial score (nSPS) is 10.8. The Labute approximate surface area is 117 Å². The Morgan fingerprint density at radius 1 is 1.29 bits per heavy atom. The standard InChI is InChI=1S/C11H12Br2N4/c1-2-14-5-8-6-16-11(17-8)10-9(13)3-7(12)4-15-10/h3-4,6,14H,2,5H2,1H3,(H,16,17). The van der Waals surface area contributed by atoms with Crippen molar-refractivity contribution in [3.05, 3.63) is 33.1 Å². The molecular weight excluding hydrogens is 348 g/mol. The summed E-state index contributed by atoms with van der Waals surface area (Å²) in [5, 5.41) is 3.24. The van der Waals surface area contributed by atoms with E-state index in [1.165, 1.54) is 0 Å². The van der Waals surface area contributed by atoms with Crippen LogP contribution in [0.2, 0.25) is 0 Å². The van der Waals surface area contributed by atoms with Gasteiger partial charge in [-0.3, -0.25) is 4.98 Å². The molecule has 2 N–H and O–H groups in total. The number of nitrogens with one attached hydrogen (secondary N) is 2. The van der Waals surface area contributed by atoms with Crippen LogP contribution in [0, 0.1) is 0 Å². The number of aromatic nitrogens is 3. The first-order valence-corrected chi connectivity index (χ1v) is 6.85. The van der Waals surface area contributed by atoms with Crippen molar-refractivity contribution < 1.29 is 0 Å². The van der Waals surface area contributed by atoms with Gasteiger partial charge in [0.25, 0.3) is 0 Å². The van der Waals surface area contributed by atoms with Crippen LogP contribution in [0.1, 0.15) is 12.6 Å². The number of pyridine rings is 1. The van der Waals surface area contributed by atoms with Gasteiger partial charge in [0.05, 0.1) is 6.20 Å². The zero-order valence-corrected chi connectivity index (χ0v) is 12.5. The number of hydrogen-bond donors (Lipinski definition) is 2. The molecule has 0 radical (unpaired) electrons. The van der Waals surface area contributed by atoms with Crippen LogP contribution < -0.4 is 5.32 Å². The summed E-state index contributed by atoms with van der Waals surface area (Å²) in [6, 6.07) is 1.95. The summed E-state index contributed by atoms with van der Waals surface area (Å²) in [7, 11) is 0. The first kappa shape index (κ1) is 12.7. The lowest BCUT2D eigenvalue weighted by Crippen LogP contribution is -2.11. The fourth-order valence-electron chi connectivity index (χ4n) is 1.42. The summed E-state index contributed by atoms with van der Waals surface area (Å²) < 4.78 is 1.85. The van der Waals surface area contributed by atoms with Gasteiger partial charge in [-0.25, -0.2) is 4.98 Å². The molecule has 0 atom stereocenters. The molecule has 0 unspecified atom stereocenters. The van der Waals surface area contributed by atoms with Gasteiger partial charge in [0.2, 0.25) is 0 Å². The van der Waals surface area contributed by atoms with Crippen LogP contribution in [0.5, 0.6) is 0 Å². The zero-order chi connectivity index (χ0) is 12.3. The van der Waals surface area contributed by atoms with Gasteiger partial charge in [-0.05, 0) is 44.5 Å². The molecule has 0 bridgehead atoms. The van der Waals surface area contributed by atoms with E-state index in [2.05, 4.69) is 59.1 Å². The minimum atomic E-state index is 0.775. The van der Waals surface area contributed by atoms with Crippen LogP contribution >= 0.6 is 31.9 Å². The largest absolute Gasteiger partial charge is 0.339 e. The van der Waals surface area contributed by atoms with Gasteiger partial charge in [0, 0.05) is 27.4 Å². The second kappa shape index (κ2) is 5.75. The van der Waals surface area contributed by atoms with Crippen LogP contribution in [-0.2, 0) is 6.54 Å². The van der Waals surface area contributed by atoms with Gasteiger partial charge >= 0.3 is 0 Å². The quantitative estimate of drug-likeness (QED) is 0.881. The Hall–Kier alpha value is -0.720. The smallest absolute Gasteiger partial charge is 0.157 e. The number of nitrogens with zero attached hydrogens (tertiary/aromatic N) is 2. The number of halogens is 2. The highest BCUT2D eigenvalue weighted by Crippen LogP contribution is 2.26. The van der Waals surface area contributed by atoms with Crippen LogP contribution in [0.4, 0.5) is 0 Å². The number of imidazole rings is 1. The molecule has 90 valence electrons. The fourth-order valence-corrected chi connectivity index (χ4v) is 2.59. The highest BCUT2D eigenvalue weighted by molar-refractivity contribution is 9.11. The number of aromatic amines is 1. The van der Waals surface area contributed by atoms with Crippen LogP contribution in [0.15, 0.2) is 27.4 Å². The SMILES string of the molecule is CCNCc1cnc(-c2ncc(Br)cc2Br)[nH]1. The predicted molar refractivity (Wildman–Crippen MR) is 74.6 cm³/mol. The lowest BCUT2D eigenvalue weighted by Gasteiger charge is -2.01. The minimum Gasteiger partial charge on any atom is -0.339 e. The Morgan fingerprint density at radius 2 is 2.12 bits per heavy atom. The fraction of sp³-hybridized carbons (Fsp3) is 0.273. The molecule has 0 saturated heterocycles. The third-order valence-electron chi connectivity index (χ3n) is 2.23. The summed E-state index contributed by atoms with van der Waals surface area (Å²) in [6.07, 6.45) is 3.58. The van der Waals surface area contributed by atoms with Crippen molar-refractivity contribution in [2.24, 2.45) is 0 Å². The van der Waals surface area contributed by atoms with Crippen molar-refractivity contribution >= 4 is 31.9 Å². The van der Waals surface area contributed by atoms with Crippen molar-refractivity contribution in [3.63, 3.8) is 0 Å². The average molecular weight is 360 g/mol. The molecule has 6 heteroatoms. The van der Waals surface area contributed by atoms with E-state index >= 15 is 0 Å². The van der Waals surface area contributed by atoms with Crippen LogP contribution in [-0.4, -0.2) is 21.5 Å². The van der Waals surface area contributed by atoms with Crippen LogP contribution in [0.25, 0.3) is 11.5 Å². The van der Waals surface area contributed by atoms with Gasteiger partial charge in [-0.1, -0.05) is 6.92 Å². The summed E-state index contributed by atoms with van der Waals surface area (Å²) >= 11 is 6.85. The summed E-state index contributed by atoms with van der Waals surface area (Å²) in [4.78, 5) is 11.9. The molecule has 2 aromatic heterocycles. The lowest BCUT2D eigenvalue weighted by atomic mass is 10.3. The molecule has 2 rings (SSSR count). The molecule has 2 heterocycles. The molecule has 0 fully saturated rings. The topological polar surface area (TPSA) is 53.6 Å². The molecule has 0 spiro atoms. The summed E-state index contributed by atoms with van der Waals surface area (Å²) in [5.74, 6) is 0.775. The second-order valence-electron chi connectivity index (χ2n) is 3.52. The summed E-state index contributed by atoms with van der Waals surface area (Å²) in [6.45, 7) is 3.80. The van der Waals surface area contributed by atoms with Crippen LogP contribution in [0.3, 0.4) is 0 Å². The highest BCUT2D eigenvalue weighted by Gasteiger charge is 2.09. The van der Waals surface area contributed by atoms with E-state index < -0.39 is 0 Å². The third-order valence-corrected chi connectivity index (χ3v) is 3.26. The Morgan fingerprint density at radius 3 is 2.82 bits per heavy atom. The van der Waals surface area contributed by atoms with E-state index in [1.54, 1.807) is 6.20 Å². The molecule has 0 aromatic carbocycles. The number of H-pyrrole nitrogens is 1. The predicted octanol–water partition coefficient (Wildman–Crippen LogP) is 3.11.